The molecule has 1 N–H and O–H groups in total. The van der Waals surface area contributed by atoms with Gasteiger partial charge in [-0.2, -0.15) is 5.10 Å². The summed E-state index contributed by atoms with van der Waals surface area (Å²) in [7, 11) is 1.91. The normalized spacial score (nSPS) is 13.2. The molecule has 1 aliphatic rings. The van der Waals surface area contributed by atoms with Crippen LogP contribution in [0.3, 0.4) is 0 Å². The number of para-hydroxylation sites is 1. The van der Waals surface area contributed by atoms with Crippen LogP contribution in [0.2, 0.25) is 5.02 Å². The molecule has 32 heavy (non-hydrogen) atoms. The lowest BCUT2D eigenvalue weighted by molar-refractivity contribution is -0.117. The Kier molecular flexibility index (Phi) is 6.67. The van der Waals surface area contributed by atoms with E-state index >= 15 is 0 Å². The fraction of sp³-hybridized carbons (Fsp3) is 0.333. The van der Waals surface area contributed by atoms with Crippen molar-refractivity contribution in [3.8, 4) is 17.2 Å². The minimum atomic E-state index is -0.158. The van der Waals surface area contributed by atoms with Gasteiger partial charge >= 0.3 is 0 Å². The summed E-state index contributed by atoms with van der Waals surface area (Å²) in [5.74, 6) is 1.04. The predicted molar refractivity (Wildman–Crippen MR) is 125 cm³/mol. The summed E-state index contributed by atoms with van der Waals surface area (Å²) < 4.78 is 13.3. The highest BCUT2D eigenvalue weighted by Crippen LogP contribution is 2.37. The third-order valence-electron chi connectivity index (χ3n) is 5.39. The molecule has 0 saturated heterocycles. The number of nitrogens with zero attached hydrogens (tertiary/aromatic N) is 3. The second-order valence-electron chi connectivity index (χ2n) is 7.95. The van der Waals surface area contributed by atoms with Gasteiger partial charge in [-0.3, -0.25) is 9.69 Å². The Balaban J connectivity index is 1.42. The lowest BCUT2D eigenvalue weighted by Crippen LogP contribution is -2.30. The Morgan fingerprint density at radius 1 is 1.16 bits per heavy atom. The molecule has 0 bridgehead atoms. The van der Waals surface area contributed by atoms with Crippen molar-refractivity contribution in [2.75, 3.05) is 32.1 Å². The molecule has 0 saturated carbocycles. The van der Waals surface area contributed by atoms with E-state index < -0.39 is 0 Å². The van der Waals surface area contributed by atoms with E-state index in [0.29, 0.717) is 42.0 Å². The number of likely N-dealkylation sites (N-methyl/N-ethyl adjacent to an activating group) is 1. The van der Waals surface area contributed by atoms with Gasteiger partial charge in [-0.05, 0) is 33.0 Å². The second-order valence-corrected chi connectivity index (χ2v) is 8.35. The van der Waals surface area contributed by atoms with Gasteiger partial charge in [0.15, 0.2) is 11.5 Å². The van der Waals surface area contributed by atoms with E-state index in [1.807, 2.05) is 60.8 Å². The average molecular weight is 455 g/mol. The predicted octanol–water partition coefficient (Wildman–Crippen LogP) is 4.37. The minimum Gasteiger partial charge on any atom is -0.490 e. The summed E-state index contributed by atoms with van der Waals surface area (Å²) in [6, 6.07) is 13.4. The molecule has 1 amide bonds. The first-order valence-electron chi connectivity index (χ1n) is 10.6. The third-order valence-corrected chi connectivity index (χ3v) is 5.71. The summed E-state index contributed by atoms with van der Waals surface area (Å²) >= 11 is 6.35. The fourth-order valence-electron chi connectivity index (χ4n) is 3.76. The summed E-state index contributed by atoms with van der Waals surface area (Å²) in [5.41, 5.74) is 4.65. The summed E-state index contributed by atoms with van der Waals surface area (Å²) in [6.07, 6.45) is 0.804. The van der Waals surface area contributed by atoms with Gasteiger partial charge in [0.05, 0.1) is 41.8 Å². The smallest absolute Gasteiger partial charge is 0.238 e. The largest absolute Gasteiger partial charge is 0.490 e. The second kappa shape index (κ2) is 9.63. The maximum Gasteiger partial charge on any atom is 0.238 e. The number of anilines is 1. The molecule has 0 unspecified atom stereocenters. The third kappa shape index (κ3) is 4.89. The Morgan fingerprint density at radius 3 is 2.56 bits per heavy atom. The molecule has 1 aliphatic heterocycles. The molecule has 8 heteroatoms. The van der Waals surface area contributed by atoms with E-state index in [1.54, 1.807) is 12.1 Å². The first-order chi connectivity index (χ1) is 15.4. The maximum atomic E-state index is 12.7. The number of carbonyl (C=O) groups excluding carboxylic acids is 1. The number of amides is 1. The molecule has 4 rings (SSSR count). The molecular weight excluding hydrogens is 428 g/mol. The lowest BCUT2D eigenvalue weighted by atomic mass is 10.2. The van der Waals surface area contributed by atoms with E-state index in [1.165, 1.54) is 0 Å². The molecule has 0 aliphatic carbocycles. The quantitative estimate of drug-likeness (QED) is 0.598. The van der Waals surface area contributed by atoms with Crippen LogP contribution in [0.15, 0.2) is 42.5 Å². The minimum absolute atomic E-state index is 0.158. The van der Waals surface area contributed by atoms with Crippen LogP contribution in [0.5, 0.6) is 11.5 Å². The molecule has 0 atom stereocenters. The molecule has 0 radical (unpaired) electrons. The van der Waals surface area contributed by atoms with Crippen molar-refractivity contribution in [3.05, 3.63) is 64.4 Å². The number of hydrogen-bond acceptors (Lipinski definition) is 5. The average Bonchev–Trinajstić information content (AvgIpc) is 2.92. The van der Waals surface area contributed by atoms with Crippen molar-refractivity contribution in [3.63, 3.8) is 0 Å². The number of benzene rings is 2. The molecule has 2 heterocycles. The molecule has 3 aromatic rings. The van der Waals surface area contributed by atoms with E-state index in [2.05, 4.69) is 10.4 Å². The van der Waals surface area contributed by atoms with Crippen LogP contribution in [0.4, 0.5) is 5.69 Å². The highest BCUT2D eigenvalue weighted by molar-refractivity contribution is 6.34. The highest BCUT2D eigenvalue weighted by atomic mass is 35.5. The summed E-state index contributed by atoms with van der Waals surface area (Å²) in [6.45, 7) is 6.01. The summed E-state index contributed by atoms with van der Waals surface area (Å²) in [5, 5.41) is 7.99. The zero-order valence-corrected chi connectivity index (χ0v) is 19.3. The maximum absolute atomic E-state index is 12.7. The van der Waals surface area contributed by atoms with Crippen molar-refractivity contribution in [2.24, 2.45) is 0 Å². The van der Waals surface area contributed by atoms with Crippen LogP contribution in [0.25, 0.3) is 5.69 Å². The Morgan fingerprint density at radius 2 is 1.84 bits per heavy atom. The van der Waals surface area contributed by atoms with Gasteiger partial charge in [0.1, 0.15) is 0 Å². The van der Waals surface area contributed by atoms with Crippen molar-refractivity contribution in [2.45, 2.75) is 26.8 Å². The Hall–Kier alpha value is -3.03. The van der Waals surface area contributed by atoms with E-state index in [9.17, 15) is 4.79 Å². The van der Waals surface area contributed by atoms with Crippen LogP contribution in [0, 0.1) is 13.8 Å². The molecule has 1 aromatic heterocycles. The number of halogens is 1. The van der Waals surface area contributed by atoms with Gasteiger partial charge in [-0.25, -0.2) is 4.68 Å². The van der Waals surface area contributed by atoms with Gasteiger partial charge in [-0.1, -0.05) is 29.8 Å². The number of ether oxygens (including phenoxy) is 2. The lowest BCUT2D eigenvalue weighted by Gasteiger charge is -2.18. The van der Waals surface area contributed by atoms with Gasteiger partial charge in [0, 0.05) is 36.4 Å². The van der Waals surface area contributed by atoms with Crippen molar-refractivity contribution < 1.29 is 14.3 Å². The number of aryl methyl sites for hydroxylation is 1. The molecule has 0 fully saturated rings. The van der Waals surface area contributed by atoms with Crippen LogP contribution < -0.4 is 14.8 Å². The summed E-state index contributed by atoms with van der Waals surface area (Å²) in [4.78, 5) is 14.7. The van der Waals surface area contributed by atoms with Gasteiger partial charge in [0.25, 0.3) is 0 Å². The van der Waals surface area contributed by atoms with Crippen LogP contribution in [0.1, 0.15) is 23.4 Å². The first-order valence-corrected chi connectivity index (χ1v) is 11.0. The monoisotopic (exact) mass is 454 g/mol. The zero-order chi connectivity index (χ0) is 22.7. The van der Waals surface area contributed by atoms with E-state index in [0.717, 1.165) is 29.1 Å². The van der Waals surface area contributed by atoms with Crippen molar-refractivity contribution in [1.29, 1.82) is 0 Å². The van der Waals surface area contributed by atoms with E-state index in [4.69, 9.17) is 21.1 Å². The standard InChI is InChI=1S/C24H27ClN4O3/c1-16-19(17(2)29(27-16)18-8-5-4-6-9-18)14-28(3)15-24(30)26-21-13-23-22(12-20(21)25)31-10-7-11-32-23/h4-6,8-9,12-13H,7,10-11,14-15H2,1-3H3,(H,26,30). The number of aromatic nitrogens is 2. The van der Waals surface area contributed by atoms with Gasteiger partial charge < -0.3 is 14.8 Å². The van der Waals surface area contributed by atoms with Crippen LogP contribution in [-0.4, -0.2) is 47.4 Å². The van der Waals surface area contributed by atoms with Gasteiger partial charge in [0.2, 0.25) is 5.91 Å². The van der Waals surface area contributed by atoms with Crippen LogP contribution in [-0.2, 0) is 11.3 Å². The topological polar surface area (TPSA) is 68.6 Å². The number of carbonyl (C=O) groups is 1. The Labute approximate surface area is 192 Å². The molecular formula is C24H27ClN4O3. The first kappa shape index (κ1) is 22.2. The van der Waals surface area contributed by atoms with Crippen LogP contribution >= 0.6 is 11.6 Å². The molecule has 168 valence electrons. The number of rotatable bonds is 6. The molecule has 0 spiro atoms. The molecule has 2 aromatic carbocycles. The highest BCUT2D eigenvalue weighted by Gasteiger charge is 2.18. The number of fused-ring (bicyclic) bond motifs is 1. The zero-order valence-electron chi connectivity index (χ0n) is 18.5. The van der Waals surface area contributed by atoms with Gasteiger partial charge in [-0.15, -0.1) is 0 Å². The SMILES string of the molecule is Cc1nn(-c2ccccc2)c(C)c1CN(C)CC(=O)Nc1cc2c(cc1Cl)OCCCO2. The van der Waals surface area contributed by atoms with E-state index in [-0.39, 0.29) is 12.5 Å². The Bertz CT molecular complexity index is 1110. The number of nitrogens with one attached hydrogen (secondary N) is 1. The fourth-order valence-corrected chi connectivity index (χ4v) is 3.97. The number of hydrogen-bond donors (Lipinski definition) is 1. The van der Waals surface area contributed by atoms with Crippen molar-refractivity contribution in [1.82, 2.24) is 14.7 Å². The molecule has 7 nitrogen and oxygen atoms in total. The van der Waals surface area contributed by atoms with Crippen molar-refractivity contribution >= 4 is 23.2 Å².